The maximum Gasteiger partial charge on any atom is 0.416 e. The van der Waals surface area contributed by atoms with Gasteiger partial charge in [-0.25, -0.2) is 14.4 Å². The molecule has 0 atom stereocenters. The number of carbonyl (C=O) groups excluding carboxylic acids is 1. The number of carbonyl (C=O) groups is 1. The highest BCUT2D eigenvalue weighted by atomic mass is 19.4. The first-order valence-corrected chi connectivity index (χ1v) is 11.4. The Balaban J connectivity index is 1.60. The Bertz CT molecular complexity index is 1370. The Labute approximate surface area is 205 Å². The number of nitrogens with one attached hydrogen (secondary N) is 1. The van der Waals surface area contributed by atoms with Gasteiger partial charge in [-0.1, -0.05) is 36.4 Å². The van der Waals surface area contributed by atoms with Gasteiger partial charge in [-0.05, 0) is 54.8 Å². The SMILES string of the molecule is CCOC(=O)CCCNc1nc(-c2ccc(-c3cccc(C(F)(F)F)c3)cc2)nc2ccc(F)cc12. The third-order valence-electron chi connectivity index (χ3n) is 5.48. The summed E-state index contributed by atoms with van der Waals surface area (Å²) in [5.41, 5.74) is 1.51. The van der Waals surface area contributed by atoms with Gasteiger partial charge in [-0.3, -0.25) is 4.79 Å². The molecule has 1 heterocycles. The van der Waals surface area contributed by atoms with E-state index in [2.05, 4.69) is 15.3 Å². The van der Waals surface area contributed by atoms with E-state index in [0.717, 1.165) is 12.1 Å². The average molecular weight is 497 g/mol. The summed E-state index contributed by atoms with van der Waals surface area (Å²) in [6.07, 6.45) is -3.68. The Morgan fingerprint density at radius 1 is 0.944 bits per heavy atom. The number of anilines is 1. The first kappa shape index (κ1) is 25.1. The van der Waals surface area contributed by atoms with Gasteiger partial charge in [0.25, 0.3) is 0 Å². The predicted octanol–water partition coefficient (Wildman–Crippen LogP) is 6.88. The van der Waals surface area contributed by atoms with Crippen molar-refractivity contribution >= 4 is 22.7 Å². The number of fused-ring (bicyclic) bond motifs is 1. The lowest BCUT2D eigenvalue weighted by atomic mass is 10.0. The van der Waals surface area contributed by atoms with Crippen LogP contribution in [0, 0.1) is 5.82 Å². The molecule has 0 saturated carbocycles. The van der Waals surface area contributed by atoms with Crippen molar-refractivity contribution in [1.82, 2.24) is 9.97 Å². The molecule has 0 spiro atoms. The minimum Gasteiger partial charge on any atom is -0.466 e. The van der Waals surface area contributed by atoms with Crippen molar-refractivity contribution < 1.29 is 27.1 Å². The molecule has 1 aromatic heterocycles. The number of benzene rings is 3. The molecule has 36 heavy (non-hydrogen) atoms. The van der Waals surface area contributed by atoms with Gasteiger partial charge in [0.2, 0.25) is 0 Å². The molecule has 5 nitrogen and oxygen atoms in total. The summed E-state index contributed by atoms with van der Waals surface area (Å²) in [6.45, 7) is 2.47. The van der Waals surface area contributed by atoms with Gasteiger partial charge in [-0.2, -0.15) is 13.2 Å². The number of ether oxygens (including phenoxy) is 1. The van der Waals surface area contributed by atoms with Crippen molar-refractivity contribution in [3.63, 3.8) is 0 Å². The molecular formula is C27H23F4N3O2. The van der Waals surface area contributed by atoms with E-state index in [9.17, 15) is 22.4 Å². The number of alkyl halides is 3. The van der Waals surface area contributed by atoms with E-state index in [1.807, 2.05) is 0 Å². The van der Waals surface area contributed by atoms with Crippen LogP contribution in [-0.2, 0) is 15.7 Å². The second kappa shape index (κ2) is 10.7. The fourth-order valence-corrected chi connectivity index (χ4v) is 3.72. The molecule has 0 amide bonds. The number of halogens is 4. The summed E-state index contributed by atoms with van der Waals surface area (Å²) >= 11 is 0. The second-order valence-electron chi connectivity index (χ2n) is 8.05. The molecule has 0 fully saturated rings. The van der Waals surface area contributed by atoms with Crippen LogP contribution in [0.3, 0.4) is 0 Å². The largest absolute Gasteiger partial charge is 0.466 e. The molecule has 0 aliphatic rings. The third kappa shape index (κ3) is 5.97. The van der Waals surface area contributed by atoms with Crippen LogP contribution >= 0.6 is 0 Å². The number of esters is 1. The molecule has 0 bridgehead atoms. The van der Waals surface area contributed by atoms with Gasteiger partial charge in [0.05, 0.1) is 17.7 Å². The van der Waals surface area contributed by atoms with E-state index in [-0.39, 0.29) is 12.4 Å². The number of nitrogens with zero attached hydrogens (tertiary/aromatic N) is 2. The Morgan fingerprint density at radius 3 is 2.42 bits per heavy atom. The normalized spacial score (nSPS) is 11.5. The zero-order chi connectivity index (χ0) is 25.7. The quantitative estimate of drug-likeness (QED) is 0.163. The van der Waals surface area contributed by atoms with Gasteiger partial charge in [-0.15, -0.1) is 0 Å². The summed E-state index contributed by atoms with van der Waals surface area (Å²) in [7, 11) is 0. The Hall–Kier alpha value is -4.01. The minimum atomic E-state index is -4.42. The zero-order valence-electron chi connectivity index (χ0n) is 19.4. The van der Waals surface area contributed by atoms with Crippen LogP contribution in [0.2, 0.25) is 0 Å². The molecule has 0 unspecified atom stereocenters. The lowest BCUT2D eigenvalue weighted by Gasteiger charge is -2.12. The molecule has 3 aromatic carbocycles. The molecular weight excluding hydrogens is 474 g/mol. The maximum absolute atomic E-state index is 13.9. The van der Waals surface area contributed by atoms with E-state index in [1.54, 1.807) is 43.3 Å². The number of hydrogen-bond donors (Lipinski definition) is 1. The van der Waals surface area contributed by atoms with E-state index < -0.39 is 17.6 Å². The summed E-state index contributed by atoms with van der Waals surface area (Å²) < 4.78 is 58.1. The molecule has 1 N–H and O–H groups in total. The lowest BCUT2D eigenvalue weighted by Crippen LogP contribution is -2.10. The standard InChI is InChI=1S/C27H23F4N3O2/c1-2-36-24(35)7-4-14-32-26-22-16-21(28)12-13-23(22)33-25(34-26)18-10-8-17(9-11-18)19-5-3-6-20(15-19)27(29,30)31/h3,5-6,8-13,15-16H,2,4,7,14H2,1H3,(H,32,33,34). The molecule has 186 valence electrons. The molecule has 0 aliphatic heterocycles. The average Bonchev–Trinajstić information content (AvgIpc) is 2.86. The molecule has 4 rings (SSSR count). The summed E-state index contributed by atoms with van der Waals surface area (Å²) in [5.74, 6) is 0.0659. The van der Waals surface area contributed by atoms with Crippen LogP contribution in [-0.4, -0.2) is 29.1 Å². The number of hydrogen-bond acceptors (Lipinski definition) is 5. The first-order valence-electron chi connectivity index (χ1n) is 11.4. The van der Waals surface area contributed by atoms with E-state index in [0.29, 0.717) is 58.8 Å². The monoisotopic (exact) mass is 497 g/mol. The van der Waals surface area contributed by atoms with Crippen LogP contribution in [0.15, 0.2) is 66.7 Å². The first-order chi connectivity index (χ1) is 17.2. The van der Waals surface area contributed by atoms with Gasteiger partial charge in [0, 0.05) is 23.9 Å². The van der Waals surface area contributed by atoms with Crippen LogP contribution in [0.4, 0.5) is 23.4 Å². The number of aromatic nitrogens is 2. The summed E-state index contributed by atoms with van der Waals surface area (Å²) in [6, 6.07) is 16.2. The zero-order valence-corrected chi connectivity index (χ0v) is 19.4. The van der Waals surface area contributed by atoms with Crippen LogP contribution in [0.25, 0.3) is 33.4 Å². The lowest BCUT2D eigenvalue weighted by molar-refractivity contribution is -0.143. The maximum atomic E-state index is 13.9. The van der Waals surface area contributed by atoms with Crippen molar-refractivity contribution in [3.8, 4) is 22.5 Å². The highest BCUT2D eigenvalue weighted by Crippen LogP contribution is 2.33. The van der Waals surface area contributed by atoms with Gasteiger partial charge in [0.1, 0.15) is 11.6 Å². The summed E-state index contributed by atoms with van der Waals surface area (Å²) in [5, 5.41) is 3.64. The second-order valence-corrected chi connectivity index (χ2v) is 8.05. The molecule has 0 aliphatic carbocycles. The fraction of sp³-hybridized carbons (Fsp3) is 0.222. The van der Waals surface area contributed by atoms with E-state index in [4.69, 9.17) is 4.74 Å². The predicted molar refractivity (Wildman–Crippen MR) is 130 cm³/mol. The van der Waals surface area contributed by atoms with E-state index >= 15 is 0 Å². The minimum absolute atomic E-state index is 0.238. The molecule has 0 saturated heterocycles. The van der Waals surface area contributed by atoms with Crippen molar-refractivity contribution in [2.75, 3.05) is 18.5 Å². The highest BCUT2D eigenvalue weighted by molar-refractivity contribution is 5.90. The Kier molecular flexibility index (Phi) is 7.47. The topological polar surface area (TPSA) is 64.1 Å². The van der Waals surface area contributed by atoms with Crippen molar-refractivity contribution in [3.05, 3.63) is 78.1 Å². The van der Waals surface area contributed by atoms with Crippen molar-refractivity contribution in [1.29, 1.82) is 0 Å². The Morgan fingerprint density at radius 2 is 1.69 bits per heavy atom. The van der Waals surface area contributed by atoms with Gasteiger partial charge in [0.15, 0.2) is 5.82 Å². The number of rotatable bonds is 8. The smallest absolute Gasteiger partial charge is 0.416 e. The summed E-state index contributed by atoms with van der Waals surface area (Å²) in [4.78, 5) is 20.7. The van der Waals surface area contributed by atoms with Crippen molar-refractivity contribution in [2.45, 2.75) is 25.9 Å². The fourth-order valence-electron chi connectivity index (χ4n) is 3.72. The van der Waals surface area contributed by atoms with Gasteiger partial charge >= 0.3 is 12.1 Å². The molecule has 0 radical (unpaired) electrons. The molecule has 4 aromatic rings. The van der Waals surface area contributed by atoms with E-state index in [1.165, 1.54) is 18.2 Å². The highest BCUT2D eigenvalue weighted by Gasteiger charge is 2.30. The van der Waals surface area contributed by atoms with Gasteiger partial charge < -0.3 is 10.1 Å². The van der Waals surface area contributed by atoms with Crippen molar-refractivity contribution in [2.24, 2.45) is 0 Å². The van der Waals surface area contributed by atoms with Crippen LogP contribution < -0.4 is 5.32 Å². The van der Waals surface area contributed by atoms with Crippen LogP contribution in [0.5, 0.6) is 0 Å². The van der Waals surface area contributed by atoms with Crippen LogP contribution in [0.1, 0.15) is 25.3 Å². The molecule has 9 heteroatoms. The third-order valence-corrected chi connectivity index (χ3v) is 5.48.